The van der Waals surface area contributed by atoms with Crippen LogP contribution < -0.4 is 4.74 Å². The number of rotatable bonds is 5. The number of carbonyl (C=O) groups excluding carboxylic acids is 1. The largest absolute Gasteiger partial charge is 0.462 e. The van der Waals surface area contributed by atoms with Gasteiger partial charge in [-0.1, -0.05) is 36.2 Å². The smallest absolute Gasteiger partial charge is 0.336 e. The van der Waals surface area contributed by atoms with Gasteiger partial charge in [0, 0.05) is 10.6 Å². The van der Waals surface area contributed by atoms with Crippen molar-refractivity contribution < 1.29 is 9.53 Å². The van der Waals surface area contributed by atoms with Gasteiger partial charge in [0.25, 0.3) is 5.91 Å². The summed E-state index contributed by atoms with van der Waals surface area (Å²) in [5.41, 5.74) is 0.560. The Hall–Kier alpha value is -1.89. The molecular weight excluding hydrogens is 369 g/mol. The van der Waals surface area contributed by atoms with E-state index in [2.05, 4.69) is 10.1 Å². The van der Waals surface area contributed by atoms with Crippen molar-refractivity contribution in [3.05, 3.63) is 50.6 Å². The van der Waals surface area contributed by atoms with E-state index in [1.807, 2.05) is 12.3 Å². The van der Waals surface area contributed by atoms with Gasteiger partial charge >= 0.3 is 6.01 Å². The fraction of sp³-hybridized carbons (Fsp3) is 0.188. The van der Waals surface area contributed by atoms with Crippen molar-refractivity contribution in [2.75, 3.05) is 6.61 Å². The zero-order chi connectivity index (χ0) is 17.1. The molecule has 8 heteroatoms. The molecule has 0 aliphatic heterocycles. The van der Waals surface area contributed by atoms with Crippen LogP contribution in [0.3, 0.4) is 0 Å². The Balaban J connectivity index is 2.09. The average Bonchev–Trinajstić information content (AvgIpc) is 3.22. The highest BCUT2D eigenvalue weighted by atomic mass is 35.5. The lowest BCUT2D eigenvalue weighted by Gasteiger charge is -2.05. The highest BCUT2D eigenvalue weighted by Gasteiger charge is 2.22. The number of ether oxygens (including phenoxy) is 1. The van der Waals surface area contributed by atoms with Crippen LogP contribution in [0.15, 0.2) is 35.7 Å². The maximum absolute atomic E-state index is 12.7. The second kappa shape index (κ2) is 7.34. The zero-order valence-electron chi connectivity index (χ0n) is 12.7. The molecule has 0 amide bonds. The summed E-state index contributed by atoms with van der Waals surface area (Å²) in [7, 11) is 0. The maximum Gasteiger partial charge on any atom is 0.336 e. The van der Waals surface area contributed by atoms with Crippen LogP contribution in [-0.4, -0.2) is 27.3 Å². The molecule has 2 aromatic heterocycles. The van der Waals surface area contributed by atoms with Crippen LogP contribution in [0.1, 0.15) is 23.0 Å². The fourth-order valence-electron chi connectivity index (χ4n) is 2.04. The average molecular weight is 382 g/mol. The highest BCUT2D eigenvalue weighted by molar-refractivity contribution is 7.12. The topological polar surface area (TPSA) is 57.0 Å². The van der Waals surface area contributed by atoms with Crippen LogP contribution in [0.4, 0.5) is 0 Å². The van der Waals surface area contributed by atoms with Gasteiger partial charge in [-0.15, -0.1) is 16.4 Å². The molecule has 0 fully saturated rings. The molecule has 0 bridgehead atoms. The summed E-state index contributed by atoms with van der Waals surface area (Å²) in [6.07, 6.45) is 0.810. The normalized spacial score (nSPS) is 10.8. The van der Waals surface area contributed by atoms with Crippen LogP contribution in [0.5, 0.6) is 6.01 Å². The number of aromatic nitrogens is 3. The molecule has 3 aromatic rings. The molecule has 0 saturated carbocycles. The maximum atomic E-state index is 12.7. The van der Waals surface area contributed by atoms with Crippen LogP contribution >= 0.6 is 34.5 Å². The molecule has 24 heavy (non-hydrogen) atoms. The minimum Gasteiger partial charge on any atom is -0.462 e. The van der Waals surface area contributed by atoms with Crippen molar-refractivity contribution in [3.8, 4) is 17.4 Å². The van der Waals surface area contributed by atoms with Crippen LogP contribution in [0.25, 0.3) is 11.4 Å². The Morgan fingerprint density at radius 3 is 2.83 bits per heavy atom. The van der Waals surface area contributed by atoms with Crippen LogP contribution in [0, 0.1) is 0 Å². The minimum atomic E-state index is -0.287. The lowest BCUT2D eigenvalue weighted by atomic mass is 10.2. The van der Waals surface area contributed by atoms with Gasteiger partial charge in [-0.25, -0.2) is 0 Å². The van der Waals surface area contributed by atoms with Crippen molar-refractivity contribution in [2.24, 2.45) is 0 Å². The number of hydrogen-bond acceptors (Lipinski definition) is 5. The molecule has 1 aromatic carbocycles. The van der Waals surface area contributed by atoms with Gasteiger partial charge in [-0.3, -0.25) is 4.79 Å². The number of halogens is 2. The summed E-state index contributed by atoms with van der Waals surface area (Å²) < 4.78 is 6.68. The lowest BCUT2D eigenvalue weighted by Crippen LogP contribution is -2.14. The first-order chi connectivity index (χ1) is 11.6. The van der Waals surface area contributed by atoms with E-state index in [0.717, 1.165) is 6.42 Å². The Morgan fingerprint density at radius 1 is 1.33 bits per heavy atom. The van der Waals surface area contributed by atoms with Gasteiger partial charge in [0.15, 0.2) is 5.82 Å². The number of carbonyl (C=O) groups is 1. The number of thiophene rings is 1. The fourth-order valence-corrected chi connectivity index (χ4v) is 3.18. The summed E-state index contributed by atoms with van der Waals surface area (Å²) in [5, 5.41) is 6.91. The molecule has 0 aliphatic rings. The second-order valence-electron chi connectivity index (χ2n) is 4.88. The molecule has 0 aliphatic carbocycles. The quantitative estimate of drug-likeness (QED) is 0.637. The van der Waals surface area contributed by atoms with Gasteiger partial charge in [0.05, 0.1) is 16.5 Å². The molecule has 3 rings (SSSR count). The van der Waals surface area contributed by atoms with Crippen LogP contribution in [0.2, 0.25) is 10.0 Å². The van der Waals surface area contributed by atoms with Crippen LogP contribution in [-0.2, 0) is 0 Å². The molecule has 124 valence electrons. The second-order valence-corrected chi connectivity index (χ2v) is 6.68. The molecule has 0 spiro atoms. The minimum absolute atomic E-state index is 0.141. The molecule has 0 saturated heterocycles. The van der Waals surface area contributed by atoms with Gasteiger partial charge in [0.1, 0.15) is 0 Å². The molecule has 5 nitrogen and oxygen atoms in total. The predicted octanol–water partition coefficient (Wildman–Crippen LogP) is 4.79. The van der Waals surface area contributed by atoms with Gasteiger partial charge in [-0.2, -0.15) is 9.67 Å². The first-order valence-corrected chi connectivity index (χ1v) is 8.87. The van der Waals surface area contributed by atoms with E-state index in [4.69, 9.17) is 27.9 Å². The summed E-state index contributed by atoms with van der Waals surface area (Å²) in [6, 6.07) is 8.66. The first kappa shape index (κ1) is 17.0. The third-order valence-electron chi connectivity index (χ3n) is 3.12. The van der Waals surface area contributed by atoms with Crippen molar-refractivity contribution >= 4 is 40.4 Å². The summed E-state index contributed by atoms with van der Waals surface area (Å²) in [4.78, 5) is 17.6. The van der Waals surface area contributed by atoms with E-state index < -0.39 is 0 Å². The summed E-state index contributed by atoms with van der Waals surface area (Å²) in [5.74, 6) is 0.0334. The number of benzene rings is 1. The van der Waals surface area contributed by atoms with E-state index in [-0.39, 0.29) is 11.9 Å². The van der Waals surface area contributed by atoms with E-state index in [1.54, 1.807) is 30.3 Å². The highest BCUT2D eigenvalue weighted by Crippen LogP contribution is 2.31. The predicted molar refractivity (Wildman–Crippen MR) is 95.3 cm³/mol. The lowest BCUT2D eigenvalue weighted by molar-refractivity contribution is 0.0949. The SMILES string of the molecule is CCCOc1nc(-c2ccc(Cl)cc2Cl)n(C(=O)c2cccs2)n1. The molecule has 2 heterocycles. The Morgan fingerprint density at radius 2 is 2.17 bits per heavy atom. The molecule has 0 radical (unpaired) electrons. The zero-order valence-corrected chi connectivity index (χ0v) is 15.0. The van der Waals surface area contributed by atoms with E-state index in [0.29, 0.717) is 32.9 Å². The summed E-state index contributed by atoms with van der Waals surface area (Å²) >= 11 is 13.5. The molecule has 0 unspecified atom stereocenters. The Bertz CT molecular complexity index is 862. The van der Waals surface area contributed by atoms with Gasteiger partial charge < -0.3 is 4.74 Å². The van der Waals surface area contributed by atoms with Crippen molar-refractivity contribution in [1.29, 1.82) is 0 Å². The van der Waals surface area contributed by atoms with Crippen molar-refractivity contribution in [1.82, 2.24) is 14.8 Å². The van der Waals surface area contributed by atoms with E-state index >= 15 is 0 Å². The Labute approximate surface area is 152 Å². The van der Waals surface area contributed by atoms with E-state index in [1.165, 1.54) is 16.0 Å². The van der Waals surface area contributed by atoms with Crippen molar-refractivity contribution in [2.45, 2.75) is 13.3 Å². The number of nitrogens with zero attached hydrogens (tertiary/aromatic N) is 3. The third kappa shape index (κ3) is 3.45. The molecular formula is C16H13Cl2N3O2S. The monoisotopic (exact) mass is 381 g/mol. The molecule has 0 atom stereocenters. The van der Waals surface area contributed by atoms with Gasteiger partial charge in [0.2, 0.25) is 0 Å². The van der Waals surface area contributed by atoms with E-state index in [9.17, 15) is 4.79 Å². The summed E-state index contributed by atoms with van der Waals surface area (Å²) in [6.45, 7) is 2.44. The third-order valence-corrected chi connectivity index (χ3v) is 4.53. The molecule has 0 N–H and O–H groups in total. The number of hydrogen-bond donors (Lipinski definition) is 0. The first-order valence-electron chi connectivity index (χ1n) is 7.23. The van der Waals surface area contributed by atoms with Gasteiger partial charge in [-0.05, 0) is 36.1 Å². The standard InChI is InChI=1S/C16H13Cl2N3O2S/c1-2-7-23-16-19-14(11-6-5-10(17)9-12(11)18)21(20-16)15(22)13-4-3-8-24-13/h3-6,8-9H,2,7H2,1H3. The van der Waals surface area contributed by atoms with Crippen molar-refractivity contribution in [3.63, 3.8) is 0 Å². The Kier molecular flexibility index (Phi) is 5.18.